The number of thioether (sulfide) groups is 1. The van der Waals surface area contributed by atoms with Crippen LogP contribution in [0.1, 0.15) is 45.6 Å². The zero-order valence-electron chi connectivity index (χ0n) is 27.7. The average Bonchev–Trinajstić information content (AvgIpc) is 3.38. The Morgan fingerprint density at radius 3 is 2.48 bits per heavy atom. The molecule has 1 amide bonds. The van der Waals surface area contributed by atoms with Crippen LogP contribution >= 0.6 is 11.8 Å². The number of carbonyl (C=O) groups excluding carboxylic acids is 1. The molecule has 3 aromatic rings. The Morgan fingerprint density at radius 2 is 1.76 bits per heavy atom. The Labute approximate surface area is 279 Å². The summed E-state index contributed by atoms with van der Waals surface area (Å²) in [4.78, 5) is 17.2. The summed E-state index contributed by atoms with van der Waals surface area (Å²) >= 11 is 1.78. The molecule has 0 radical (unpaired) electrons. The molecular weight excluding hydrogens is 593 g/mol. The molecule has 3 aromatic carbocycles. The zero-order chi connectivity index (χ0) is 32.3. The molecule has 0 saturated carbocycles. The molecule has 0 bridgehead atoms. The van der Waals surface area contributed by atoms with Gasteiger partial charge in [0.15, 0.2) is 0 Å². The Hall–Kier alpha value is -3.72. The average molecular weight is 641 g/mol. The van der Waals surface area contributed by atoms with E-state index in [0.717, 1.165) is 78.7 Å². The number of benzene rings is 3. The summed E-state index contributed by atoms with van der Waals surface area (Å²) in [5.74, 6) is 2.15. The SMILES string of the molecule is CCCCOCCOc1ccc(-c2ccc3c(c2)C=C(C(=O)Nc2ccc(SCN4C=CCN4C)cc2)CCN3CC(C)C)cc1. The van der Waals surface area contributed by atoms with E-state index in [9.17, 15) is 4.79 Å². The number of hydrogen-bond donors (Lipinski definition) is 1. The van der Waals surface area contributed by atoms with Crippen molar-refractivity contribution in [2.75, 3.05) is 62.6 Å². The van der Waals surface area contributed by atoms with Crippen molar-refractivity contribution in [3.05, 3.63) is 90.1 Å². The van der Waals surface area contributed by atoms with E-state index in [1.807, 2.05) is 24.3 Å². The fraction of sp³-hybridized carbons (Fsp3) is 0.395. The van der Waals surface area contributed by atoms with Crippen molar-refractivity contribution >= 4 is 35.1 Å². The van der Waals surface area contributed by atoms with Gasteiger partial charge in [0.05, 0.1) is 12.5 Å². The Balaban J connectivity index is 1.26. The summed E-state index contributed by atoms with van der Waals surface area (Å²) in [5.41, 5.74) is 6.05. The number of rotatable bonds is 15. The number of likely N-dealkylation sites (N-methyl/N-ethyl adjacent to an activating group) is 1. The number of nitrogens with zero attached hydrogens (tertiary/aromatic N) is 3. The van der Waals surface area contributed by atoms with Gasteiger partial charge in [0.2, 0.25) is 0 Å². The molecule has 2 heterocycles. The molecular formula is C38H48N4O3S. The first-order chi connectivity index (χ1) is 22.4. The van der Waals surface area contributed by atoms with Crippen molar-refractivity contribution in [1.82, 2.24) is 10.0 Å². The lowest BCUT2D eigenvalue weighted by atomic mass is 10.00. The molecule has 2 aliphatic heterocycles. The number of hydrogen-bond acceptors (Lipinski definition) is 7. The van der Waals surface area contributed by atoms with Crippen molar-refractivity contribution in [1.29, 1.82) is 0 Å². The molecule has 0 aromatic heterocycles. The first kappa shape index (κ1) is 33.6. The fourth-order valence-electron chi connectivity index (χ4n) is 5.56. The third kappa shape index (κ3) is 9.41. The van der Waals surface area contributed by atoms with E-state index in [4.69, 9.17) is 9.47 Å². The number of carbonyl (C=O) groups is 1. The van der Waals surface area contributed by atoms with Gasteiger partial charge in [-0.1, -0.05) is 51.5 Å². The Morgan fingerprint density at radius 1 is 0.978 bits per heavy atom. The van der Waals surface area contributed by atoms with E-state index >= 15 is 0 Å². The van der Waals surface area contributed by atoms with Crippen molar-refractivity contribution in [2.45, 2.75) is 44.9 Å². The van der Waals surface area contributed by atoms with Crippen LogP contribution in [0.3, 0.4) is 0 Å². The Kier molecular flexibility index (Phi) is 12.2. The summed E-state index contributed by atoms with van der Waals surface area (Å²) < 4.78 is 11.5. The minimum Gasteiger partial charge on any atom is -0.491 e. The minimum absolute atomic E-state index is 0.0489. The van der Waals surface area contributed by atoms with Crippen LogP contribution in [0.15, 0.2) is 89.5 Å². The quantitative estimate of drug-likeness (QED) is 0.133. The lowest BCUT2D eigenvalue weighted by molar-refractivity contribution is -0.112. The van der Waals surface area contributed by atoms with Crippen LogP contribution in [0.2, 0.25) is 0 Å². The topological polar surface area (TPSA) is 57.3 Å². The summed E-state index contributed by atoms with van der Waals surface area (Å²) in [6.45, 7) is 11.2. The standard InChI is InChI=1S/C38H48N4O3S/c1-5-6-22-44-23-24-45-35-13-8-30(9-14-35)31-10-17-37-33(25-31)26-32(18-21-41(37)27-29(2)3)38(43)39-34-11-15-36(16-12-34)46-28-42-20-7-19-40(42)4/h7-17,20,25-26,29H,5-6,18-19,21-24,27-28H2,1-4H3,(H,39,43). The van der Waals surface area contributed by atoms with Crippen molar-refractivity contribution in [2.24, 2.45) is 5.92 Å². The molecule has 2 aliphatic rings. The molecule has 0 aliphatic carbocycles. The third-order valence-corrected chi connectivity index (χ3v) is 9.11. The highest BCUT2D eigenvalue weighted by Gasteiger charge is 2.21. The smallest absolute Gasteiger partial charge is 0.251 e. The van der Waals surface area contributed by atoms with Crippen LogP contribution in [0.25, 0.3) is 17.2 Å². The summed E-state index contributed by atoms with van der Waals surface area (Å²) in [7, 11) is 2.09. The molecule has 8 heteroatoms. The zero-order valence-corrected chi connectivity index (χ0v) is 28.5. The monoisotopic (exact) mass is 640 g/mol. The van der Waals surface area contributed by atoms with Crippen LogP contribution in [-0.4, -0.2) is 68.3 Å². The predicted molar refractivity (Wildman–Crippen MR) is 192 cm³/mol. The van der Waals surface area contributed by atoms with Gasteiger partial charge in [-0.3, -0.25) is 4.79 Å². The number of nitrogens with one attached hydrogen (secondary N) is 1. The molecule has 244 valence electrons. The summed E-state index contributed by atoms with van der Waals surface area (Å²) in [5, 5.41) is 7.53. The molecule has 0 fully saturated rings. The van der Waals surface area contributed by atoms with Crippen LogP contribution < -0.4 is 15.0 Å². The second-order valence-electron chi connectivity index (χ2n) is 12.3. The van der Waals surface area contributed by atoms with Crippen molar-refractivity contribution < 1.29 is 14.3 Å². The van der Waals surface area contributed by atoms with Crippen LogP contribution in [0, 0.1) is 5.92 Å². The number of fused-ring (bicyclic) bond motifs is 1. The molecule has 7 nitrogen and oxygen atoms in total. The fourth-order valence-corrected chi connectivity index (χ4v) is 6.45. The molecule has 5 rings (SSSR count). The van der Waals surface area contributed by atoms with Crippen LogP contribution in [0.4, 0.5) is 11.4 Å². The van der Waals surface area contributed by atoms with Crippen LogP contribution in [-0.2, 0) is 9.53 Å². The van der Waals surface area contributed by atoms with E-state index in [1.165, 1.54) is 10.6 Å². The summed E-state index contributed by atoms with van der Waals surface area (Å²) in [6, 6.07) is 22.9. The second-order valence-corrected chi connectivity index (χ2v) is 13.3. The third-order valence-electron chi connectivity index (χ3n) is 8.11. The molecule has 0 unspecified atom stereocenters. The maximum Gasteiger partial charge on any atom is 0.251 e. The van der Waals surface area contributed by atoms with Gasteiger partial charge in [-0.2, -0.15) is 0 Å². The van der Waals surface area contributed by atoms with Gasteiger partial charge < -0.3 is 24.7 Å². The van der Waals surface area contributed by atoms with Crippen molar-refractivity contribution in [3.8, 4) is 16.9 Å². The highest BCUT2D eigenvalue weighted by Crippen LogP contribution is 2.34. The number of hydrazine groups is 1. The Bertz CT molecular complexity index is 1490. The van der Waals surface area contributed by atoms with E-state index in [-0.39, 0.29) is 5.91 Å². The second kappa shape index (κ2) is 16.7. The minimum atomic E-state index is -0.0489. The van der Waals surface area contributed by atoms with Gasteiger partial charge in [0.1, 0.15) is 12.4 Å². The van der Waals surface area contributed by atoms with Gasteiger partial charge >= 0.3 is 0 Å². The number of anilines is 2. The molecule has 0 atom stereocenters. The van der Waals surface area contributed by atoms with Gasteiger partial charge in [-0.25, -0.2) is 5.01 Å². The number of ether oxygens (including phenoxy) is 2. The first-order valence-corrected chi connectivity index (χ1v) is 17.5. The predicted octanol–water partition coefficient (Wildman–Crippen LogP) is 8.16. The lowest BCUT2D eigenvalue weighted by Crippen LogP contribution is -2.30. The highest BCUT2D eigenvalue weighted by atomic mass is 32.2. The number of amides is 1. The van der Waals surface area contributed by atoms with Gasteiger partial charge in [-0.15, -0.1) is 11.8 Å². The first-order valence-electron chi connectivity index (χ1n) is 16.5. The van der Waals surface area contributed by atoms with E-state index < -0.39 is 0 Å². The lowest BCUT2D eigenvalue weighted by Gasteiger charge is -2.27. The van der Waals surface area contributed by atoms with Gasteiger partial charge in [-0.05, 0) is 90.1 Å². The largest absolute Gasteiger partial charge is 0.491 e. The maximum atomic E-state index is 13.6. The maximum absolute atomic E-state index is 13.6. The molecule has 46 heavy (non-hydrogen) atoms. The summed E-state index contributed by atoms with van der Waals surface area (Å²) in [6.07, 6.45) is 9.24. The van der Waals surface area contributed by atoms with E-state index in [2.05, 4.69) is 109 Å². The van der Waals surface area contributed by atoms with Crippen LogP contribution in [0.5, 0.6) is 5.75 Å². The van der Waals surface area contributed by atoms with E-state index in [1.54, 1.807) is 11.8 Å². The highest BCUT2D eigenvalue weighted by molar-refractivity contribution is 7.99. The molecule has 0 spiro atoms. The molecule has 1 N–H and O–H groups in total. The molecule has 0 saturated heterocycles. The van der Waals surface area contributed by atoms with Gasteiger partial charge in [0, 0.05) is 61.3 Å². The normalized spacial score (nSPS) is 14.8. The van der Waals surface area contributed by atoms with E-state index in [0.29, 0.717) is 25.6 Å². The van der Waals surface area contributed by atoms with Crippen molar-refractivity contribution in [3.63, 3.8) is 0 Å². The number of unbranched alkanes of at least 4 members (excludes halogenated alkanes) is 1. The van der Waals surface area contributed by atoms with Gasteiger partial charge in [0.25, 0.3) is 5.91 Å².